The highest BCUT2D eigenvalue weighted by molar-refractivity contribution is 6.33. The van der Waals surface area contributed by atoms with Gasteiger partial charge in [-0.1, -0.05) is 11.6 Å². The van der Waals surface area contributed by atoms with Crippen LogP contribution in [-0.4, -0.2) is 33.1 Å². The minimum Gasteiger partial charge on any atom is -0.478 e. The third-order valence-corrected chi connectivity index (χ3v) is 2.71. The first-order valence-corrected chi connectivity index (χ1v) is 6.00. The molecular formula is C11H8Cl2N4O3. The fourth-order valence-corrected chi connectivity index (χ4v) is 1.73. The van der Waals surface area contributed by atoms with Gasteiger partial charge in [0.2, 0.25) is 11.2 Å². The van der Waals surface area contributed by atoms with Crippen LogP contribution in [0.3, 0.4) is 0 Å². The number of aromatic nitrogens is 3. The molecular weight excluding hydrogens is 307 g/mol. The molecule has 7 nitrogen and oxygen atoms in total. The number of halogens is 2. The van der Waals surface area contributed by atoms with Gasteiger partial charge in [-0.15, -0.1) is 0 Å². The van der Waals surface area contributed by atoms with E-state index in [9.17, 15) is 4.79 Å². The van der Waals surface area contributed by atoms with E-state index in [0.29, 0.717) is 5.69 Å². The van der Waals surface area contributed by atoms with Crippen LogP contribution in [0.4, 0.5) is 11.6 Å². The topological polar surface area (TPSA) is 97.2 Å². The molecule has 0 aliphatic rings. The first-order valence-electron chi connectivity index (χ1n) is 5.25. The summed E-state index contributed by atoms with van der Waals surface area (Å²) < 4.78 is 4.86. The van der Waals surface area contributed by atoms with Crippen molar-refractivity contribution in [2.75, 3.05) is 12.4 Å². The van der Waals surface area contributed by atoms with Gasteiger partial charge >= 0.3 is 12.0 Å². The number of methoxy groups -OCH3 is 1. The van der Waals surface area contributed by atoms with Crippen molar-refractivity contribution >= 4 is 40.8 Å². The molecule has 0 fully saturated rings. The molecule has 9 heteroatoms. The van der Waals surface area contributed by atoms with Crippen LogP contribution < -0.4 is 10.1 Å². The minimum atomic E-state index is -1.07. The van der Waals surface area contributed by atoms with Crippen LogP contribution in [0.2, 0.25) is 10.3 Å². The zero-order chi connectivity index (χ0) is 14.7. The van der Waals surface area contributed by atoms with E-state index >= 15 is 0 Å². The van der Waals surface area contributed by atoms with E-state index in [1.165, 1.54) is 25.3 Å². The van der Waals surface area contributed by atoms with Gasteiger partial charge in [0.25, 0.3) is 0 Å². The zero-order valence-corrected chi connectivity index (χ0v) is 11.6. The predicted molar refractivity (Wildman–Crippen MR) is 73.1 cm³/mol. The molecule has 0 radical (unpaired) electrons. The maximum absolute atomic E-state index is 10.8. The Bertz CT molecular complexity index is 666. The van der Waals surface area contributed by atoms with Crippen LogP contribution in [0.1, 0.15) is 10.4 Å². The Morgan fingerprint density at radius 1 is 1.30 bits per heavy atom. The number of anilines is 2. The highest BCUT2D eigenvalue weighted by Gasteiger charge is 2.10. The molecule has 2 aromatic rings. The molecule has 104 valence electrons. The summed E-state index contributed by atoms with van der Waals surface area (Å²) in [5, 5.41) is 11.8. The average Bonchev–Trinajstić information content (AvgIpc) is 2.40. The number of carbonyl (C=O) groups is 1. The van der Waals surface area contributed by atoms with Crippen molar-refractivity contribution in [1.29, 1.82) is 0 Å². The first-order chi connectivity index (χ1) is 9.49. The van der Waals surface area contributed by atoms with Crippen LogP contribution in [0, 0.1) is 0 Å². The maximum Gasteiger partial charge on any atom is 0.335 e. The monoisotopic (exact) mass is 314 g/mol. The van der Waals surface area contributed by atoms with Crippen LogP contribution in [0.15, 0.2) is 18.2 Å². The summed E-state index contributed by atoms with van der Waals surface area (Å²) in [6.45, 7) is 0. The van der Waals surface area contributed by atoms with Crippen LogP contribution in [0.25, 0.3) is 0 Å². The summed E-state index contributed by atoms with van der Waals surface area (Å²) in [6.07, 6.45) is 0. The van der Waals surface area contributed by atoms with Crippen LogP contribution in [-0.2, 0) is 0 Å². The number of carboxylic acid groups (broad SMARTS) is 1. The quantitative estimate of drug-likeness (QED) is 0.895. The van der Waals surface area contributed by atoms with Crippen molar-refractivity contribution in [3.05, 3.63) is 34.1 Å². The smallest absolute Gasteiger partial charge is 0.335 e. The van der Waals surface area contributed by atoms with Crippen LogP contribution in [0.5, 0.6) is 6.01 Å². The number of nitrogens with zero attached hydrogens (tertiary/aromatic N) is 3. The second-order valence-electron chi connectivity index (χ2n) is 3.54. The summed E-state index contributed by atoms with van der Waals surface area (Å²) in [5.74, 6) is -0.935. The number of aromatic carboxylic acids is 1. The Hall–Kier alpha value is -2.12. The van der Waals surface area contributed by atoms with Crippen molar-refractivity contribution in [2.24, 2.45) is 0 Å². The lowest BCUT2D eigenvalue weighted by molar-refractivity contribution is 0.0697. The van der Waals surface area contributed by atoms with Gasteiger partial charge < -0.3 is 15.2 Å². The number of ether oxygens (including phenoxy) is 1. The molecule has 1 aromatic heterocycles. The summed E-state index contributed by atoms with van der Waals surface area (Å²) in [7, 11) is 1.39. The van der Waals surface area contributed by atoms with E-state index in [-0.39, 0.29) is 27.8 Å². The second kappa shape index (κ2) is 5.89. The highest BCUT2D eigenvalue weighted by Crippen LogP contribution is 2.26. The standard InChI is InChI=1S/C11H8Cl2N4O3/c1-20-11-16-9(13)15-10(17-11)14-7-3-2-5(8(18)19)4-6(7)12/h2-4H,1H3,(H,18,19)(H,14,15,16,17). The summed E-state index contributed by atoms with van der Waals surface area (Å²) >= 11 is 11.7. The highest BCUT2D eigenvalue weighted by atomic mass is 35.5. The van der Waals surface area contributed by atoms with Gasteiger partial charge in [-0.05, 0) is 29.8 Å². The SMILES string of the molecule is COc1nc(Cl)nc(Nc2ccc(C(=O)O)cc2Cl)n1. The fourth-order valence-electron chi connectivity index (χ4n) is 1.35. The van der Waals surface area contributed by atoms with Gasteiger partial charge in [-0.3, -0.25) is 0 Å². The molecule has 2 N–H and O–H groups in total. The summed E-state index contributed by atoms with van der Waals surface area (Å²) in [5.41, 5.74) is 0.507. The van der Waals surface area contributed by atoms with Gasteiger partial charge in [0.15, 0.2) is 0 Å². The normalized spacial score (nSPS) is 10.2. The third kappa shape index (κ3) is 3.25. The van der Waals surface area contributed by atoms with E-state index in [4.69, 9.17) is 33.0 Å². The lowest BCUT2D eigenvalue weighted by atomic mass is 10.2. The molecule has 0 aliphatic heterocycles. The number of hydrogen-bond acceptors (Lipinski definition) is 6. The number of rotatable bonds is 4. The lowest BCUT2D eigenvalue weighted by Gasteiger charge is -2.08. The number of nitrogens with one attached hydrogen (secondary N) is 1. The van der Waals surface area contributed by atoms with Crippen molar-refractivity contribution in [3.63, 3.8) is 0 Å². The molecule has 1 aromatic carbocycles. The molecule has 1 heterocycles. The van der Waals surface area contributed by atoms with Gasteiger partial charge in [0.05, 0.1) is 23.4 Å². The molecule has 0 saturated heterocycles. The Morgan fingerprint density at radius 2 is 2.05 bits per heavy atom. The molecule has 0 bridgehead atoms. The van der Waals surface area contributed by atoms with E-state index in [0.717, 1.165) is 0 Å². The molecule has 2 rings (SSSR count). The Kier molecular flexibility index (Phi) is 4.21. The van der Waals surface area contributed by atoms with E-state index in [2.05, 4.69) is 20.3 Å². The molecule has 20 heavy (non-hydrogen) atoms. The zero-order valence-electron chi connectivity index (χ0n) is 10.1. The Labute approximate surface area is 123 Å². The molecule has 0 aliphatic carbocycles. The molecule has 0 spiro atoms. The molecule has 0 unspecified atom stereocenters. The van der Waals surface area contributed by atoms with E-state index < -0.39 is 5.97 Å². The lowest BCUT2D eigenvalue weighted by Crippen LogP contribution is -2.03. The van der Waals surface area contributed by atoms with Gasteiger partial charge in [0, 0.05) is 0 Å². The van der Waals surface area contributed by atoms with Crippen LogP contribution >= 0.6 is 23.2 Å². The number of hydrogen-bond donors (Lipinski definition) is 2. The minimum absolute atomic E-state index is 0.0439. The van der Waals surface area contributed by atoms with E-state index in [1.54, 1.807) is 0 Å². The average molecular weight is 315 g/mol. The fraction of sp³-hybridized carbons (Fsp3) is 0.0909. The summed E-state index contributed by atoms with van der Waals surface area (Å²) in [6, 6.07) is 4.25. The first kappa shape index (κ1) is 14.3. The third-order valence-electron chi connectivity index (χ3n) is 2.23. The van der Waals surface area contributed by atoms with Crippen molar-refractivity contribution in [2.45, 2.75) is 0 Å². The largest absolute Gasteiger partial charge is 0.478 e. The van der Waals surface area contributed by atoms with Crippen molar-refractivity contribution in [1.82, 2.24) is 15.0 Å². The second-order valence-corrected chi connectivity index (χ2v) is 4.28. The van der Waals surface area contributed by atoms with Crippen molar-refractivity contribution in [3.8, 4) is 6.01 Å². The number of benzene rings is 1. The number of carboxylic acids is 1. The van der Waals surface area contributed by atoms with Gasteiger partial charge in [-0.25, -0.2) is 4.79 Å². The predicted octanol–water partition coefficient (Wildman–Crippen LogP) is 2.63. The molecule has 0 amide bonds. The van der Waals surface area contributed by atoms with Gasteiger partial charge in [0.1, 0.15) is 0 Å². The van der Waals surface area contributed by atoms with Gasteiger partial charge in [-0.2, -0.15) is 15.0 Å². The molecule has 0 saturated carbocycles. The molecule has 0 atom stereocenters. The van der Waals surface area contributed by atoms with E-state index in [1.807, 2.05) is 0 Å². The maximum atomic E-state index is 10.8. The van der Waals surface area contributed by atoms with Crippen molar-refractivity contribution < 1.29 is 14.6 Å². The Balaban J connectivity index is 2.30. The summed E-state index contributed by atoms with van der Waals surface area (Å²) in [4.78, 5) is 22.3. The Morgan fingerprint density at radius 3 is 2.65 bits per heavy atom.